The number of hydrogen-bond acceptors (Lipinski definition) is 4. The first-order chi connectivity index (χ1) is 16.7. The Kier molecular flexibility index (Phi) is 12.3. The van der Waals surface area contributed by atoms with Gasteiger partial charge >= 0.3 is 6.18 Å². The molecule has 0 heterocycles. The molecule has 0 aromatic heterocycles. The van der Waals surface area contributed by atoms with Crippen molar-refractivity contribution >= 4 is 29.4 Å². The van der Waals surface area contributed by atoms with Gasteiger partial charge in [-0.25, -0.2) is 0 Å². The number of halogens is 5. The zero-order chi connectivity index (χ0) is 25.7. The fourth-order valence-electron chi connectivity index (χ4n) is 3.25. The van der Waals surface area contributed by atoms with Crippen LogP contribution in [0.2, 0.25) is 0 Å². The van der Waals surface area contributed by atoms with Gasteiger partial charge in [0.1, 0.15) is 29.2 Å². The standard InChI is InChI=1S/C26H30Cl2F3NO3/c1-3-20-16-23(33-15-12-24(27)28)17-21(4-2)25(20)34-13-6-5-7-14-35-32-18-19-8-10-22(11-9-19)26(29,30)31/h8-12,16-18H,3-7,13-15H2,1-2H3. The first-order valence-corrected chi connectivity index (χ1v) is 12.2. The van der Waals surface area contributed by atoms with E-state index >= 15 is 0 Å². The number of ether oxygens (including phenoxy) is 2. The van der Waals surface area contributed by atoms with Gasteiger partial charge in [-0.3, -0.25) is 0 Å². The molecule has 0 amide bonds. The summed E-state index contributed by atoms with van der Waals surface area (Å²) in [6.07, 6.45) is 2.82. The van der Waals surface area contributed by atoms with Gasteiger partial charge in [-0.05, 0) is 79.1 Å². The van der Waals surface area contributed by atoms with E-state index in [1.54, 1.807) is 6.08 Å². The normalized spacial score (nSPS) is 11.5. The summed E-state index contributed by atoms with van der Waals surface area (Å²) >= 11 is 11.3. The molecule has 0 aliphatic rings. The van der Waals surface area contributed by atoms with Crippen LogP contribution in [0.15, 0.2) is 52.1 Å². The van der Waals surface area contributed by atoms with Gasteiger partial charge in [0, 0.05) is 0 Å². The zero-order valence-electron chi connectivity index (χ0n) is 19.8. The molecule has 0 fully saturated rings. The molecule has 0 saturated carbocycles. The maximum atomic E-state index is 12.6. The molecule has 0 unspecified atom stereocenters. The van der Waals surface area contributed by atoms with Crippen LogP contribution in [0.3, 0.4) is 0 Å². The van der Waals surface area contributed by atoms with Crippen molar-refractivity contribution in [2.24, 2.45) is 5.16 Å². The molecule has 192 valence electrons. The Morgan fingerprint density at radius 3 is 2.11 bits per heavy atom. The maximum absolute atomic E-state index is 12.6. The number of unbranched alkanes of at least 4 members (excludes halogenated alkanes) is 2. The van der Waals surface area contributed by atoms with Gasteiger partial charge in [0.2, 0.25) is 0 Å². The second-order valence-corrected chi connectivity index (χ2v) is 8.69. The zero-order valence-corrected chi connectivity index (χ0v) is 21.3. The van der Waals surface area contributed by atoms with Crippen molar-refractivity contribution in [1.82, 2.24) is 0 Å². The Balaban J connectivity index is 1.72. The van der Waals surface area contributed by atoms with E-state index in [0.717, 1.165) is 66.9 Å². The van der Waals surface area contributed by atoms with Crippen molar-refractivity contribution < 1.29 is 27.5 Å². The van der Waals surface area contributed by atoms with Crippen LogP contribution in [-0.4, -0.2) is 26.0 Å². The van der Waals surface area contributed by atoms with Crippen molar-refractivity contribution in [2.45, 2.75) is 52.1 Å². The molecule has 2 rings (SSSR count). The Morgan fingerprint density at radius 2 is 1.54 bits per heavy atom. The van der Waals surface area contributed by atoms with E-state index in [-0.39, 0.29) is 4.49 Å². The number of oxime groups is 1. The second-order valence-electron chi connectivity index (χ2n) is 7.68. The number of benzene rings is 2. The molecule has 0 aliphatic carbocycles. The highest BCUT2D eigenvalue weighted by molar-refractivity contribution is 6.55. The number of aryl methyl sites for hydroxylation is 2. The minimum Gasteiger partial charge on any atom is -0.493 e. The summed E-state index contributed by atoms with van der Waals surface area (Å²) in [5.41, 5.74) is 2.02. The lowest BCUT2D eigenvalue weighted by Gasteiger charge is -2.17. The van der Waals surface area contributed by atoms with Crippen LogP contribution in [0, 0.1) is 0 Å². The van der Waals surface area contributed by atoms with Gasteiger partial charge in [0.05, 0.1) is 18.4 Å². The van der Waals surface area contributed by atoms with Gasteiger partial charge in [0.15, 0.2) is 0 Å². The van der Waals surface area contributed by atoms with Crippen molar-refractivity contribution in [1.29, 1.82) is 0 Å². The highest BCUT2D eigenvalue weighted by atomic mass is 35.5. The predicted octanol–water partition coefficient (Wildman–Crippen LogP) is 8.13. The summed E-state index contributed by atoms with van der Waals surface area (Å²) in [7, 11) is 0. The van der Waals surface area contributed by atoms with E-state index in [0.29, 0.717) is 25.4 Å². The lowest BCUT2D eigenvalue weighted by molar-refractivity contribution is -0.137. The topological polar surface area (TPSA) is 40.0 Å². The second kappa shape index (κ2) is 14.9. The van der Waals surface area contributed by atoms with Gasteiger partial charge in [-0.15, -0.1) is 0 Å². The monoisotopic (exact) mass is 531 g/mol. The average Bonchev–Trinajstić information content (AvgIpc) is 2.82. The lowest BCUT2D eigenvalue weighted by Crippen LogP contribution is -2.05. The molecular weight excluding hydrogens is 502 g/mol. The van der Waals surface area contributed by atoms with E-state index in [4.69, 9.17) is 37.5 Å². The van der Waals surface area contributed by atoms with Crippen LogP contribution in [0.25, 0.3) is 0 Å². The van der Waals surface area contributed by atoms with Crippen LogP contribution in [0.1, 0.15) is 55.4 Å². The van der Waals surface area contributed by atoms with Crippen LogP contribution in [-0.2, 0) is 23.9 Å². The number of rotatable bonds is 14. The quantitative estimate of drug-likeness (QED) is 0.140. The third-order valence-electron chi connectivity index (χ3n) is 5.11. The van der Waals surface area contributed by atoms with Crippen LogP contribution >= 0.6 is 23.2 Å². The summed E-state index contributed by atoms with van der Waals surface area (Å²) in [6.45, 7) is 5.45. The lowest BCUT2D eigenvalue weighted by atomic mass is 10.0. The molecule has 0 aliphatic heterocycles. The Hall–Kier alpha value is -2.38. The number of alkyl halides is 3. The van der Waals surface area contributed by atoms with E-state index in [1.807, 2.05) is 12.1 Å². The molecule has 0 N–H and O–H groups in total. The third-order valence-corrected chi connectivity index (χ3v) is 5.42. The molecule has 0 saturated heterocycles. The molecule has 35 heavy (non-hydrogen) atoms. The van der Waals surface area contributed by atoms with E-state index in [2.05, 4.69) is 19.0 Å². The SMILES string of the molecule is CCc1cc(OCC=C(Cl)Cl)cc(CC)c1OCCCCCON=Cc1ccc(C(F)(F)F)cc1. The number of hydrogen-bond donors (Lipinski definition) is 0. The molecular formula is C26H30Cl2F3NO3. The summed E-state index contributed by atoms with van der Waals surface area (Å²) in [4.78, 5) is 5.20. The predicted molar refractivity (Wildman–Crippen MR) is 135 cm³/mol. The van der Waals surface area contributed by atoms with Crippen molar-refractivity contribution in [3.05, 3.63) is 69.2 Å². The average molecular weight is 532 g/mol. The van der Waals surface area contributed by atoms with Crippen molar-refractivity contribution in [3.8, 4) is 11.5 Å². The van der Waals surface area contributed by atoms with Gasteiger partial charge in [0.25, 0.3) is 0 Å². The fourth-order valence-corrected chi connectivity index (χ4v) is 3.37. The number of nitrogens with zero attached hydrogens (tertiary/aromatic N) is 1. The van der Waals surface area contributed by atoms with Crippen molar-refractivity contribution in [3.63, 3.8) is 0 Å². The molecule has 0 radical (unpaired) electrons. The third kappa shape index (κ3) is 10.4. The molecule has 2 aromatic rings. The summed E-state index contributed by atoms with van der Waals surface area (Å²) in [6, 6.07) is 8.70. The summed E-state index contributed by atoms with van der Waals surface area (Å²) < 4.78 is 49.7. The molecule has 0 bridgehead atoms. The van der Waals surface area contributed by atoms with E-state index < -0.39 is 11.7 Å². The molecule has 9 heteroatoms. The van der Waals surface area contributed by atoms with E-state index in [9.17, 15) is 13.2 Å². The minimum atomic E-state index is -4.35. The summed E-state index contributed by atoms with van der Waals surface area (Å²) in [5.74, 6) is 1.66. The Labute approximate surface area is 214 Å². The molecule has 4 nitrogen and oxygen atoms in total. The molecule has 0 atom stereocenters. The van der Waals surface area contributed by atoms with Crippen LogP contribution in [0.4, 0.5) is 13.2 Å². The highest BCUT2D eigenvalue weighted by Crippen LogP contribution is 2.31. The highest BCUT2D eigenvalue weighted by Gasteiger charge is 2.29. The summed E-state index contributed by atoms with van der Waals surface area (Å²) in [5, 5.41) is 3.82. The van der Waals surface area contributed by atoms with Gasteiger partial charge < -0.3 is 14.3 Å². The van der Waals surface area contributed by atoms with Gasteiger partial charge in [-0.1, -0.05) is 54.3 Å². The first-order valence-electron chi connectivity index (χ1n) is 11.5. The van der Waals surface area contributed by atoms with Gasteiger partial charge in [-0.2, -0.15) is 13.2 Å². The minimum absolute atomic E-state index is 0.174. The molecule has 0 spiro atoms. The molecule has 2 aromatic carbocycles. The smallest absolute Gasteiger partial charge is 0.416 e. The largest absolute Gasteiger partial charge is 0.493 e. The van der Waals surface area contributed by atoms with E-state index in [1.165, 1.54) is 18.3 Å². The fraction of sp³-hybridized carbons (Fsp3) is 0.423. The Morgan fingerprint density at radius 1 is 0.914 bits per heavy atom. The van der Waals surface area contributed by atoms with Crippen LogP contribution < -0.4 is 9.47 Å². The Bertz CT molecular complexity index is 948. The first kappa shape index (κ1) is 28.9. The van der Waals surface area contributed by atoms with Crippen molar-refractivity contribution in [2.75, 3.05) is 19.8 Å². The van der Waals surface area contributed by atoms with Crippen LogP contribution in [0.5, 0.6) is 11.5 Å². The maximum Gasteiger partial charge on any atom is 0.416 e.